The van der Waals surface area contributed by atoms with Gasteiger partial charge in [-0.05, 0) is 76.6 Å². The summed E-state index contributed by atoms with van der Waals surface area (Å²) in [7, 11) is 0. The molecule has 0 saturated carbocycles. The number of esters is 2. The lowest BCUT2D eigenvalue weighted by molar-refractivity contribution is -0.150. The maximum Gasteiger partial charge on any atom is 0.331 e. The van der Waals surface area contributed by atoms with Gasteiger partial charge >= 0.3 is 11.9 Å². The summed E-state index contributed by atoms with van der Waals surface area (Å²) in [6.45, 7) is 12.6. The normalized spacial score (nSPS) is 27.5. The topological polar surface area (TPSA) is 76.7 Å². The fourth-order valence-corrected chi connectivity index (χ4v) is 4.58. The molecule has 0 fully saturated rings. The van der Waals surface area contributed by atoms with E-state index in [2.05, 4.69) is 43.5 Å². The monoisotopic (exact) mass is 388 g/mol. The van der Waals surface area contributed by atoms with Crippen molar-refractivity contribution in [2.45, 2.75) is 77.3 Å². The molecule has 2 aliphatic heterocycles. The summed E-state index contributed by atoms with van der Waals surface area (Å²) in [5, 5.41) is 6.97. The molecule has 6 heteroatoms. The SMILES string of the molecule is CCOC(=O)C1CC(C)(C(=O)OCC)Nc2cc3c(cc21)NC(C)(C)CC3C. The first-order valence-electron chi connectivity index (χ1n) is 10.2. The molecular formula is C22H32N2O4. The van der Waals surface area contributed by atoms with Crippen molar-refractivity contribution in [3.05, 3.63) is 23.3 Å². The van der Waals surface area contributed by atoms with Gasteiger partial charge in [0.05, 0.1) is 19.1 Å². The third kappa shape index (κ3) is 3.69. The molecule has 1 aromatic rings. The Bertz CT molecular complexity index is 789. The zero-order valence-electron chi connectivity index (χ0n) is 17.8. The summed E-state index contributed by atoms with van der Waals surface area (Å²) in [5.74, 6) is -0.794. The third-order valence-corrected chi connectivity index (χ3v) is 5.74. The Hall–Kier alpha value is -2.24. The molecule has 28 heavy (non-hydrogen) atoms. The van der Waals surface area contributed by atoms with Crippen LogP contribution in [0, 0.1) is 0 Å². The van der Waals surface area contributed by atoms with Crippen LogP contribution in [0.4, 0.5) is 11.4 Å². The molecule has 0 aliphatic carbocycles. The predicted molar refractivity (Wildman–Crippen MR) is 110 cm³/mol. The minimum atomic E-state index is -0.973. The minimum absolute atomic E-state index is 0.0123. The zero-order valence-corrected chi connectivity index (χ0v) is 17.8. The Morgan fingerprint density at radius 3 is 2.25 bits per heavy atom. The van der Waals surface area contributed by atoms with Crippen LogP contribution in [-0.4, -0.2) is 36.2 Å². The summed E-state index contributed by atoms with van der Waals surface area (Å²) in [6.07, 6.45) is 1.31. The standard InChI is InChI=1S/C22H32N2O4/c1-7-27-19(25)16-12-22(6,20(26)28-8-2)24-18-9-14-13(3)11-21(4,5)23-17(14)10-15(16)18/h9-10,13,16,23-24H,7-8,11-12H2,1-6H3. The molecule has 0 bridgehead atoms. The Kier molecular flexibility index (Phi) is 5.34. The van der Waals surface area contributed by atoms with E-state index in [1.807, 2.05) is 0 Å². The predicted octanol–water partition coefficient (Wildman–Crippen LogP) is 4.17. The number of hydrogen-bond donors (Lipinski definition) is 2. The van der Waals surface area contributed by atoms with Gasteiger partial charge in [0.25, 0.3) is 0 Å². The molecular weight excluding hydrogens is 356 g/mol. The first-order valence-corrected chi connectivity index (χ1v) is 10.2. The molecule has 0 amide bonds. The molecule has 0 aromatic heterocycles. The van der Waals surface area contributed by atoms with Crippen LogP contribution in [0.25, 0.3) is 0 Å². The number of carbonyl (C=O) groups excluding carboxylic acids is 2. The summed E-state index contributed by atoms with van der Waals surface area (Å²) in [6, 6.07) is 4.14. The van der Waals surface area contributed by atoms with Gasteiger partial charge in [-0.1, -0.05) is 6.92 Å². The lowest BCUT2D eigenvalue weighted by atomic mass is 9.76. The number of fused-ring (bicyclic) bond motifs is 2. The minimum Gasteiger partial charge on any atom is -0.466 e. The number of hydrogen-bond acceptors (Lipinski definition) is 6. The fourth-order valence-electron chi connectivity index (χ4n) is 4.58. The molecule has 0 radical (unpaired) electrons. The fraction of sp³-hybridized carbons (Fsp3) is 0.636. The highest BCUT2D eigenvalue weighted by Crippen LogP contribution is 2.47. The molecule has 1 aromatic carbocycles. The number of carbonyl (C=O) groups is 2. The second-order valence-corrected chi connectivity index (χ2v) is 8.83. The van der Waals surface area contributed by atoms with Gasteiger partial charge < -0.3 is 20.1 Å². The summed E-state index contributed by atoms with van der Waals surface area (Å²) < 4.78 is 10.6. The molecule has 3 unspecified atom stereocenters. The molecule has 0 saturated heterocycles. The van der Waals surface area contributed by atoms with Crippen LogP contribution < -0.4 is 10.6 Å². The zero-order chi connectivity index (χ0) is 20.7. The number of benzene rings is 1. The van der Waals surface area contributed by atoms with Crippen LogP contribution in [0.15, 0.2) is 12.1 Å². The van der Waals surface area contributed by atoms with Gasteiger partial charge in [0, 0.05) is 16.9 Å². The van der Waals surface area contributed by atoms with Crippen molar-refractivity contribution >= 4 is 23.3 Å². The van der Waals surface area contributed by atoms with E-state index >= 15 is 0 Å². The van der Waals surface area contributed by atoms with Gasteiger partial charge in [-0.25, -0.2) is 4.79 Å². The van der Waals surface area contributed by atoms with E-state index in [4.69, 9.17) is 9.47 Å². The van der Waals surface area contributed by atoms with Crippen LogP contribution in [0.1, 0.15) is 77.3 Å². The van der Waals surface area contributed by atoms with E-state index in [1.165, 1.54) is 5.56 Å². The molecule has 3 rings (SSSR count). The van der Waals surface area contributed by atoms with Gasteiger partial charge in [-0.2, -0.15) is 0 Å². The van der Waals surface area contributed by atoms with Crippen LogP contribution in [0.3, 0.4) is 0 Å². The van der Waals surface area contributed by atoms with Crippen LogP contribution in [0.2, 0.25) is 0 Å². The van der Waals surface area contributed by atoms with E-state index in [0.717, 1.165) is 23.4 Å². The van der Waals surface area contributed by atoms with Crippen molar-refractivity contribution < 1.29 is 19.1 Å². The highest BCUT2D eigenvalue weighted by atomic mass is 16.5. The van der Waals surface area contributed by atoms with E-state index < -0.39 is 11.5 Å². The average molecular weight is 389 g/mol. The van der Waals surface area contributed by atoms with Crippen molar-refractivity contribution in [2.75, 3.05) is 23.8 Å². The van der Waals surface area contributed by atoms with Crippen molar-refractivity contribution in [1.29, 1.82) is 0 Å². The molecule has 2 aliphatic rings. The summed E-state index contributed by atoms with van der Waals surface area (Å²) in [4.78, 5) is 25.4. The van der Waals surface area contributed by atoms with Gasteiger partial charge in [-0.15, -0.1) is 0 Å². The molecule has 6 nitrogen and oxygen atoms in total. The molecule has 2 N–H and O–H groups in total. The lowest BCUT2D eigenvalue weighted by Gasteiger charge is -2.42. The van der Waals surface area contributed by atoms with Crippen LogP contribution >= 0.6 is 0 Å². The van der Waals surface area contributed by atoms with Crippen LogP contribution in [-0.2, 0) is 19.1 Å². The Balaban J connectivity index is 2.09. The smallest absolute Gasteiger partial charge is 0.331 e. The maximum absolute atomic E-state index is 12.8. The first kappa shape index (κ1) is 20.5. The lowest BCUT2D eigenvalue weighted by Crippen LogP contribution is -2.50. The quantitative estimate of drug-likeness (QED) is 0.754. The summed E-state index contributed by atoms with van der Waals surface area (Å²) in [5.41, 5.74) is 2.95. The number of nitrogens with one attached hydrogen (secondary N) is 2. The van der Waals surface area contributed by atoms with E-state index in [1.54, 1.807) is 20.8 Å². The van der Waals surface area contributed by atoms with Gasteiger partial charge in [0.2, 0.25) is 0 Å². The largest absolute Gasteiger partial charge is 0.466 e. The Labute approximate surface area is 167 Å². The molecule has 2 heterocycles. The van der Waals surface area contributed by atoms with E-state index in [0.29, 0.717) is 25.6 Å². The van der Waals surface area contributed by atoms with Gasteiger partial charge in [0.1, 0.15) is 5.54 Å². The highest BCUT2D eigenvalue weighted by molar-refractivity contribution is 5.91. The van der Waals surface area contributed by atoms with Gasteiger partial charge in [-0.3, -0.25) is 4.79 Å². The van der Waals surface area contributed by atoms with Crippen LogP contribution in [0.5, 0.6) is 0 Å². The summed E-state index contributed by atoms with van der Waals surface area (Å²) >= 11 is 0. The van der Waals surface area contributed by atoms with Gasteiger partial charge in [0.15, 0.2) is 0 Å². The maximum atomic E-state index is 12.8. The van der Waals surface area contributed by atoms with Crippen molar-refractivity contribution in [3.8, 4) is 0 Å². The first-order chi connectivity index (χ1) is 13.1. The number of ether oxygens (including phenoxy) is 2. The average Bonchev–Trinajstić information content (AvgIpc) is 2.59. The van der Waals surface area contributed by atoms with Crippen molar-refractivity contribution in [2.24, 2.45) is 0 Å². The third-order valence-electron chi connectivity index (χ3n) is 5.74. The van der Waals surface area contributed by atoms with E-state index in [9.17, 15) is 9.59 Å². The molecule has 154 valence electrons. The number of anilines is 2. The second-order valence-electron chi connectivity index (χ2n) is 8.83. The Morgan fingerprint density at radius 2 is 1.61 bits per heavy atom. The van der Waals surface area contributed by atoms with Crippen molar-refractivity contribution in [3.63, 3.8) is 0 Å². The number of rotatable bonds is 4. The molecule has 0 spiro atoms. The van der Waals surface area contributed by atoms with E-state index in [-0.39, 0.29) is 17.5 Å². The molecule has 3 atom stereocenters. The van der Waals surface area contributed by atoms with Crippen molar-refractivity contribution in [1.82, 2.24) is 0 Å². The Morgan fingerprint density at radius 1 is 1.00 bits per heavy atom. The second kappa shape index (κ2) is 7.30. The highest BCUT2D eigenvalue weighted by Gasteiger charge is 2.46.